The van der Waals surface area contributed by atoms with Crippen LogP contribution in [0.15, 0.2) is 42.5 Å². The third-order valence-electron chi connectivity index (χ3n) is 5.62. The van der Waals surface area contributed by atoms with E-state index in [4.69, 9.17) is 9.47 Å². The van der Waals surface area contributed by atoms with E-state index in [0.717, 1.165) is 25.9 Å². The maximum atomic E-state index is 13.0. The number of hydrogen-bond donors (Lipinski definition) is 1. The Morgan fingerprint density at radius 2 is 1.68 bits per heavy atom. The second-order valence-corrected chi connectivity index (χ2v) is 7.48. The monoisotopic (exact) mass is 378 g/mol. The molecule has 3 aromatic rings. The van der Waals surface area contributed by atoms with E-state index in [1.54, 1.807) is 32.4 Å². The summed E-state index contributed by atoms with van der Waals surface area (Å²) >= 11 is 0. The minimum absolute atomic E-state index is 0.0305. The number of nitrogens with one attached hydrogen (secondary N) is 1. The van der Waals surface area contributed by atoms with E-state index in [0.29, 0.717) is 23.0 Å². The number of aromatic nitrogens is 1. The van der Waals surface area contributed by atoms with Gasteiger partial charge in [0.2, 0.25) is 0 Å². The Morgan fingerprint density at radius 3 is 2.32 bits per heavy atom. The van der Waals surface area contributed by atoms with E-state index in [9.17, 15) is 4.79 Å². The van der Waals surface area contributed by atoms with Gasteiger partial charge in [0.05, 0.1) is 14.2 Å². The molecule has 2 aromatic carbocycles. The summed E-state index contributed by atoms with van der Waals surface area (Å²) in [5.41, 5.74) is 4.33. The molecule has 1 amide bonds. The second-order valence-electron chi connectivity index (χ2n) is 7.48. The number of likely N-dealkylation sites (tertiary alicyclic amines) is 1. The summed E-state index contributed by atoms with van der Waals surface area (Å²) in [5.74, 6) is 1.75. The molecule has 1 aliphatic heterocycles. The van der Waals surface area contributed by atoms with Crippen molar-refractivity contribution in [2.45, 2.75) is 25.7 Å². The van der Waals surface area contributed by atoms with E-state index in [-0.39, 0.29) is 5.91 Å². The first-order valence-corrected chi connectivity index (χ1v) is 9.69. The summed E-state index contributed by atoms with van der Waals surface area (Å²) in [6, 6.07) is 14.1. The first-order valence-electron chi connectivity index (χ1n) is 9.69. The van der Waals surface area contributed by atoms with Crippen LogP contribution in [0.4, 0.5) is 0 Å². The van der Waals surface area contributed by atoms with Crippen molar-refractivity contribution >= 4 is 16.8 Å². The van der Waals surface area contributed by atoms with Crippen LogP contribution in [0.3, 0.4) is 0 Å². The van der Waals surface area contributed by atoms with Gasteiger partial charge in [-0.15, -0.1) is 0 Å². The van der Waals surface area contributed by atoms with Crippen LogP contribution in [0.5, 0.6) is 11.5 Å². The van der Waals surface area contributed by atoms with E-state index < -0.39 is 0 Å². The van der Waals surface area contributed by atoms with E-state index in [1.807, 2.05) is 4.90 Å². The van der Waals surface area contributed by atoms with Crippen molar-refractivity contribution in [2.24, 2.45) is 0 Å². The van der Waals surface area contributed by atoms with Gasteiger partial charge in [0.1, 0.15) is 11.5 Å². The van der Waals surface area contributed by atoms with Crippen LogP contribution < -0.4 is 9.47 Å². The topological polar surface area (TPSA) is 54.6 Å². The third kappa shape index (κ3) is 3.57. The highest BCUT2D eigenvalue weighted by molar-refractivity contribution is 5.95. The van der Waals surface area contributed by atoms with Gasteiger partial charge in [-0.2, -0.15) is 0 Å². The summed E-state index contributed by atoms with van der Waals surface area (Å²) < 4.78 is 10.6. The van der Waals surface area contributed by atoms with Crippen LogP contribution in [0.2, 0.25) is 0 Å². The Bertz CT molecular complexity index is 978. The van der Waals surface area contributed by atoms with Gasteiger partial charge in [0.25, 0.3) is 5.91 Å². The number of nitrogens with zero attached hydrogens (tertiary/aromatic N) is 1. The van der Waals surface area contributed by atoms with Crippen molar-refractivity contribution in [2.75, 3.05) is 27.3 Å². The van der Waals surface area contributed by atoms with Crippen LogP contribution in [0.25, 0.3) is 10.9 Å². The Hall–Kier alpha value is -2.95. The zero-order valence-corrected chi connectivity index (χ0v) is 16.6. The molecule has 1 fully saturated rings. The van der Waals surface area contributed by atoms with Crippen molar-refractivity contribution in [1.82, 2.24) is 9.88 Å². The number of methoxy groups -OCH3 is 2. The fraction of sp³-hybridized carbons (Fsp3) is 0.348. The van der Waals surface area contributed by atoms with Gasteiger partial charge < -0.3 is 19.4 Å². The molecule has 0 aliphatic carbocycles. The number of H-pyrrole nitrogens is 1. The molecule has 0 spiro atoms. The van der Waals surface area contributed by atoms with Crippen molar-refractivity contribution in [3.05, 3.63) is 59.3 Å². The summed E-state index contributed by atoms with van der Waals surface area (Å²) in [6.45, 7) is 3.61. The maximum absolute atomic E-state index is 13.0. The highest BCUT2D eigenvalue weighted by atomic mass is 16.5. The number of amides is 1. The molecule has 5 nitrogen and oxygen atoms in total. The number of carbonyl (C=O) groups excluding carboxylic acids is 1. The molecule has 4 rings (SSSR count). The molecule has 1 saturated heterocycles. The minimum Gasteiger partial charge on any atom is -0.497 e. The quantitative estimate of drug-likeness (QED) is 0.727. The number of aryl methyl sites for hydroxylation is 1. The lowest BCUT2D eigenvalue weighted by molar-refractivity contribution is 0.0711. The summed E-state index contributed by atoms with van der Waals surface area (Å²) in [7, 11) is 3.19. The number of carbonyl (C=O) groups is 1. The number of rotatable bonds is 4. The summed E-state index contributed by atoms with van der Waals surface area (Å²) in [6.07, 6.45) is 1.91. The average molecular weight is 378 g/mol. The van der Waals surface area contributed by atoms with Gasteiger partial charge in [0.15, 0.2) is 0 Å². The lowest BCUT2D eigenvalue weighted by Gasteiger charge is -2.31. The summed E-state index contributed by atoms with van der Waals surface area (Å²) in [5, 5.41) is 1.26. The molecule has 0 radical (unpaired) electrons. The number of hydrogen-bond acceptors (Lipinski definition) is 3. The van der Waals surface area contributed by atoms with Crippen LogP contribution >= 0.6 is 0 Å². The molecule has 0 unspecified atom stereocenters. The molecule has 0 atom stereocenters. The smallest absolute Gasteiger partial charge is 0.254 e. The van der Waals surface area contributed by atoms with Crippen molar-refractivity contribution < 1.29 is 14.3 Å². The molecular formula is C23H26N2O3. The number of ether oxygens (including phenoxy) is 2. The Labute approximate surface area is 165 Å². The molecule has 1 aromatic heterocycles. The first kappa shape index (κ1) is 18.4. The van der Waals surface area contributed by atoms with Gasteiger partial charge in [-0.25, -0.2) is 0 Å². The van der Waals surface area contributed by atoms with Crippen LogP contribution in [-0.4, -0.2) is 43.1 Å². The standard InChI is InChI=1S/C23H26N2O3/c1-15-4-5-21-17(10-15)13-22(24-21)16-6-8-25(9-7-16)23(26)18-11-19(27-2)14-20(12-18)28-3/h4-5,10-14,16,24H,6-9H2,1-3H3. The highest BCUT2D eigenvalue weighted by Gasteiger charge is 2.26. The Kier molecular flexibility index (Phi) is 4.99. The summed E-state index contributed by atoms with van der Waals surface area (Å²) in [4.78, 5) is 18.5. The molecule has 0 bridgehead atoms. The normalized spacial score (nSPS) is 15.0. The molecular weight excluding hydrogens is 352 g/mol. The van der Waals surface area contributed by atoms with Crippen molar-refractivity contribution in [1.29, 1.82) is 0 Å². The highest BCUT2D eigenvalue weighted by Crippen LogP contribution is 2.31. The molecule has 2 heterocycles. The van der Waals surface area contributed by atoms with Crippen molar-refractivity contribution in [3.8, 4) is 11.5 Å². The van der Waals surface area contributed by atoms with E-state index in [1.165, 1.54) is 22.2 Å². The number of benzene rings is 2. The van der Waals surface area contributed by atoms with Crippen molar-refractivity contribution in [3.63, 3.8) is 0 Å². The fourth-order valence-electron chi connectivity index (χ4n) is 4.00. The SMILES string of the molecule is COc1cc(OC)cc(C(=O)N2CCC(c3cc4cc(C)ccc4[nH]3)CC2)c1. The predicted octanol–water partition coefficient (Wildman–Crippen LogP) is 4.51. The minimum atomic E-state index is 0.0305. The molecule has 0 saturated carbocycles. The molecule has 1 aliphatic rings. The lowest BCUT2D eigenvalue weighted by atomic mass is 9.93. The number of fused-ring (bicyclic) bond motifs is 1. The van der Waals surface area contributed by atoms with Gasteiger partial charge in [0, 0.05) is 41.8 Å². The molecule has 28 heavy (non-hydrogen) atoms. The Morgan fingerprint density at radius 1 is 1.00 bits per heavy atom. The van der Waals surface area contributed by atoms with E-state index in [2.05, 4.69) is 36.2 Å². The van der Waals surface area contributed by atoms with Crippen LogP contribution in [-0.2, 0) is 0 Å². The largest absolute Gasteiger partial charge is 0.497 e. The molecule has 5 heteroatoms. The molecule has 146 valence electrons. The van der Waals surface area contributed by atoms with Gasteiger partial charge >= 0.3 is 0 Å². The zero-order chi connectivity index (χ0) is 19.7. The van der Waals surface area contributed by atoms with Gasteiger partial charge in [-0.3, -0.25) is 4.79 Å². The predicted molar refractivity (Wildman–Crippen MR) is 110 cm³/mol. The fourth-order valence-corrected chi connectivity index (χ4v) is 4.00. The van der Waals surface area contributed by atoms with Crippen LogP contribution in [0.1, 0.15) is 40.4 Å². The second kappa shape index (κ2) is 7.58. The van der Waals surface area contributed by atoms with Gasteiger partial charge in [-0.1, -0.05) is 11.6 Å². The van der Waals surface area contributed by atoms with Gasteiger partial charge in [-0.05, 0) is 55.5 Å². The third-order valence-corrected chi connectivity index (χ3v) is 5.62. The molecule has 1 N–H and O–H groups in total. The zero-order valence-electron chi connectivity index (χ0n) is 16.6. The van der Waals surface area contributed by atoms with Crippen LogP contribution in [0, 0.1) is 6.92 Å². The number of piperidine rings is 1. The lowest BCUT2D eigenvalue weighted by Crippen LogP contribution is -2.38. The average Bonchev–Trinajstić information content (AvgIpc) is 3.16. The Balaban J connectivity index is 1.46. The number of aromatic amines is 1. The first-order chi connectivity index (χ1) is 13.6. The maximum Gasteiger partial charge on any atom is 0.254 e. The van der Waals surface area contributed by atoms with E-state index >= 15 is 0 Å².